The Morgan fingerprint density at radius 3 is 2.47 bits per heavy atom. The maximum absolute atomic E-state index is 12.2. The minimum absolute atomic E-state index is 0.0686. The van der Waals surface area contributed by atoms with Crippen molar-refractivity contribution in [2.24, 2.45) is 0 Å². The first-order valence-electron chi connectivity index (χ1n) is 10.4. The van der Waals surface area contributed by atoms with Gasteiger partial charge < -0.3 is 20.7 Å². The molecule has 34 heavy (non-hydrogen) atoms. The number of methoxy groups -OCH3 is 1. The molecule has 180 valence electrons. The van der Waals surface area contributed by atoms with Crippen LogP contribution in [0.4, 0.5) is 28.8 Å². The van der Waals surface area contributed by atoms with Gasteiger partial charge in [0.15, 0.2) is 5.82 Å². The third kappa shape index (κ3) is 6.27. The first-order chi connectivity index (χ1) is 16.3. The number of amides is 1. The Bertz CT molecular complexity index is 1290. The van der Waals surface area contributed by atoms with E-state index in [2.05, 4.69) is 30.6 Å². The quantitative estimate of drug-likeness (QED) is 0.323. The largest absolute Gasteiger partial charge is 0.495 e. The molecule has 0 unspecified atom stereocenters. The highest BCUT2D eigenvalue weighted by Gasteiger charge is 2.15. The minimum Gasteiger partial charge on any atom is -0.495 e. The van der Waals surface area contributed by atoms with E-state index in [9.17, 15) is 13.2 Å². The average Bonchev–Trinajstić information content (AvgIpc) is 2.82. The number of aromatic nitrogens is 2. The van der Waals surface area contributed by atoms with E-state index in [-0.39, 0.29) is 28.4 Å². The molecule has 4 N–H and O–H groups in total. The summed E-state index contributed by atoms with van der Waals surface area (Å²) in [4.78, 5) is 20.8. The number of carbonyl (C=O) groups excluding carboxylic acids is 1. The molecule has 0 aliphatic carbocycles. The van der Waals surface area contributed by atoms with Crippen LogP contribution in [-0.2, 0) is 10.0 Å². The first-order valence-corrected chi connectivity index (χ1v) is 12.4. The van der Waals surface area contributed by atoms with E-state index in [1.54, 1.807) is 49.4 Å². The van der Waals surface area contributed by atoms with Crippen LogP contribution in [0.3, 0.4) is 0 Å². The van der Waals surface area contributed by atoms with E-state index in [1.165, 1.54) is 13.3 Å². The van der Waals surface area contributed by atoms with Gasteiger partial charge in [0.05, 0.1) is 36.1 Å². The summed E-state index contributed by atoms with van der Waals surface area (Å²) >= 11 is 6.29. The summed E-state index contributed by atoms with van der Waals surface area (Å²) in [5.74, 6) is 0.631. The van der Waals surface area contributed by atoms with E-state index in [4.69, 9.17) is 16.3 Å². The maximum Gasteiger partial charge on any atom is 0.251 e. The predicted molar refractivity (Wildman–Crippen MR) is 134 cm³/mol. The van der Waals surface area contributed by atoms with Crippen molar-refractivity contribution >= 4 is 56.4 Å². The molecule has 10 nitrogen and oxygen atoms in total. The van der Waals surface area contributed by atoms with Gasteiger partial charge in [-0.3, -0.25) is 9.52 Å². The lowest BCUT2D eigenvalue weighted by Crippen LogP contribution is -2.22. The number of para-hydroxylation sites is 2. The Balaban J connectivity index is 1.90. The number of hydrogen-bond acceptors (Lipinski definition) is 8. The fourth-order valence-corrected chi connectivity index (χ4v) is 3.69. The lowest BCUT2D eigenvalue weighted by Gasteiger charge is -2.15. The van der Waals surface area contributed by atoms with Gasteiger partial charge in [-0.25, -0.2) is 13.4 Å². The number of benzene rings is 2. The molecule has 0 fully saturated rings. The normalized spacial score (nSPS) is 10.9. The van der Waals surface area contributed by atoms with Crippen LogP contribution in [0, 0.1) is 0 Å². The van der Waals surface area contributed by atoms with Crippen molar-refractivity contribution in [3.05, 3.63) is 59.2 Å². The van der Waals surface area contributed by atoms with Crippen molar-refractivity contribution in [1.29, 1.82) is 0 Å². The zero-order valence-corrected chi connectivity index (χ0v) is 20.4. The van der Waals surface area contributed by atoms with Crippen molar-refractivity contribution in [2.75, 3.05) is 34.8 Å². The van der Waals surface area contributed by atoms with Crippen LogP contribution < -0.4 is 25.4 Å². The highest BCUT2D eigenvalue weighted by atomic mass is 35.5. The Kier molecular flexibility index (Phi) is 8.13. The van der Waals surface area contributed by atoms with Crippen LogP contribution >= 0.6 is 11.6 Å². The van der Waals surface area contributed by atoms with Crippen LogP contribution in [0.1, 0.15) is 24.2 Å². The third-order valence-electron chi connectivity index (χ3n) is 4.62. The molecule has 0 radical (unpaired) electrons. The second-order valence-electron chi connectivity index (χ2n) is 6.97. The molecule has 2 aromatic carbocycles. The van der Waals surface area contributed by atoms with Crippen LogP contribution in [0.5, 0.6) is 5.75 Å². The number of carbonyl (C=O) groups is 1. The van der Waals surface area contributed by atoms with Crippen molar-refractivity contribution in [1.82, 2.24) is 15.3 Å². The van der Waals surface area contributed by atoms with Crippen LogP contribution in [0.2, 0.25) is 5.02 Å². The number of anilines is 5. The highest BCUT2D eigenvalue weighted by molar-refractivity contribution is 7.92. The van der Waals surface area contributed by atoms with Crippen molar-refractivity contribution in [2.45, 2.75) is 13.8 Å². The van der Waals surface area contributed by atoms with Gasteiger partial charge in [-0.2, -0.15) is 4.98 Å². The molecule has 1 amide bonds. The molecule has 0 atom stereocenters. The van der Waals surface area contributed by atoms with Crippen molar-refractivity contribution < 1.29 is 17.9 Å². The lowest BCUT2D eigenvalue weighted by molar-refractivity contribution is 0.0956. The summed E-state index contributed by atoms with van der Waals surface area (Å²) in [6, 6.07) is 11.7. The molecule has 1 heterocycles. The molecule has 0 saturated carbocycles. The summed E-state index contributed by atoms with van der Waals surface area (Å²) in [5.41, 5.74) is 1.73. The number of rotatable bonds is 10. The number of nitrogens with one attached hydrogen (secondary N) is 4. The second-order valence-corrected chi connectivity index (χ2v) is 9.38. The van der Waals surface area contributed by atoms with E-state index >= 15 is 0 Å². The summed E-state index contributed by atoms with van der Waals surface area (Å²) in [6.07, 6.45) is 1.40. The SMILES string of the molecule is CCNC(=O)c1ccc(OC)c(Nc2ncc(Cl)c(Nc3ccccc3NS(=O)(=O)CC)n2)c1. The number of nitrogens with zero attached hydrogens (tertiary/aromatic N) is 2. The number of hydrogen-bond donors (Lipinski definition) is 4. The molecular weight excluding hydrogens is 480 g/mol. The van der Waals surface area contributed by atoms with Crippen LogP contribution in [0.15, 0.2) is 48.7 Å². The maximum atomic E-state index is 12.2. The van der Waals surface area contributed by atoms with E-state index in [0.29, 0.717) is 34.9 Å². The Morgan fingerprint density at radius 2 is 1.79 bits per heavy atom. The lowest BCUT2D eigenvalue weighted by atomic mass is 10.1. The first kappa shape index (κ1) is 25.1. The molecule has 1 aromatic heterocycles. The van der Waals surface area contributed by atoms with Gasteiger partial charge in [0.25, 0.3) is 5.91 Å². The Morgan fingerprint density at radius 1 is 1.06 bits per heavy atom. The third-order valence-corrected chi connectivity index (χ3v) is 6.18. The highest BCUT2D eigenvalue weighted by Crippen LogP contribution is 2.31. The van der Waals surface area contributed by atoms with Crippen molar-refractivity contribution in [3.8, 4) is 5.75 Å². The molecule has 3 aromatic rings. The number of ether oxygens (including phenoxy) is 1. The summed E-state index contributed by atoms with van der Waals surface area (Å²) in [6.45, 7) is 3.88. The minimum atomic E-state index is -3.48. The summed E-state index contributed by atoms with van der Waals surface area (Å²) in [5, 5.41) is 9.05. The molecule has 0 saturated heterocycles. The fourth-order valence-electron chi connectivity index (χ4n) is 2.89. The van der Waals surface area contributed by atoms with Gasteiger partial charge in [-0.05, 0) is 44.2 Å². The number of sulfonamides is 1. The van der Waals surface area contributed by atoms with Crippen LogP contribution in [0.25, 0.3) is 0 Å². The van der Waals surface area contributed by atoms with Gasteiger partial charge in [0, 0.05) is 12.1 Å². The molecule has 0 aliphatic heterocycles. The van der Waals surface area contributed by atoms with Gasteiger partial charge in [-0.15, -0.1) is 0 Å². The van der Waals surface area contributed by atoms with E-state index < -0.39 is 10.0 Å². The van der Waals surface area contributed by atoms with Gasteiger partial charge >= 0.3 is 0 Å². The van der Waals surface area contributed by atoms with Crippen molar-refractivity contribution in [3.63, 3.8) is 0 Å². The summed E-state index contributed by atoms with van der Waals surface area (Å²) < 4.78 is 32.0. The molecule has 0 spiro atoms. The molecule has 12 heteroatoms. The molecule has 0 bridgehead atoms. The van der Waals surface area contributed by atoms with E-state index in [1.807, 2.05) is 6.92 Å². The Hall–Kier alpha value is -3.57. The van der Waals surface area contributed by atoms with Gasteiger partial charge in [0.1, 0.15) is 10.8 Å². The fraction of sp³-hybridized carbons (Fsp3) is 0.227. The standard InChI is InChI=1S/C22H25ClN6O4S/c1-4-24-21(30)14-10-11-19(33-3)18(12-14)27-22-25-13-15(23)20(28-22)26-16-8-6-7-9-17(16)29-34(31,32)5-2/h6-13,29H,4-5H2,1-3H3,(H,24,30)(H2,25,26,27,28). The van der Waals surface area contributed by atoms with Gasteiger partial charge in [0.2, 0.25) is 16.0 Å². The second kappa shape index (κ2) is 11.0. The Labute approximate surface area is 203 Å². The predicted octanol–water partition coefficient (Wildman–Crippen LogP) is 4.14. The smallest absolute Gasteiger partial charge is 0.251 e. The monoisotopic (exact) mass is 504 g/mol. The topological polar surface area (TPSA) is 134 Å². The summed E-state index contributed by atoms with van der Waals surface area (Å²) in [7, 11) is -1.97. The zero-order chi connectivity index (χ0) is 24.7. The number of halogens is 1. The molecule has 0 aliphatic rings. The zero-order valence-electron chi connectivity index (χ0n) is 18.8. The van der Waals surface area contributed by atoms with Gasteiger partial charge in [-0.1, -0.05) is 23.7 Å². The molecule has 3 rings (SSSR count). The van der Waals surface area contributed by atoms with Crippen LogP contribution in [-0.4, -0.2) is 43.7 Å². The average molecular weight is 505 g/mol. The van der Waals surface area contributed by atoms with E-state index in [0.717, 1.165) is 0 Å². The molecular formula is C22H25ClN6O4S.